The highest BCUT2D eigenvalue weighted by Crippen LogP contribution is 2.12. The fourth-order valence-electron chi connectivity index (χ4n) is 2.70. The molecule has 0 aromatic rings. The zero-order valence-electron chi connectivity index (χ0n) is 19.0. The minimum Gasteiger partial charge on any atom is -0.550 e. The van der Waals surface area contributed by atoms with E-state index >= 15 is 0 Å². The van der Waals surface area contributed by atoms with Crippen molar-refractivity contribution >= 4 is 11.9 Å². The Morgan fingerprint density at radius 3 is 2.28 bits per heavy atom. The Morgan fingerprint density at radius 1 is 1.12 bits per heavy atom. The number of hydrogen-bond acceptors (Lipinski definition) is 5. The first-order valence-corrected chi connectivity index (χ1v) is 9.29. The van der Waals surface area contributed by atoms with Gasteiger partial charge in [0.15, 0.2) is 6.10 Å². The number of carboxylic acid groups (broad SMARTS) is 1. The predicted octanol–water partition coefficient (Wildman–Crippen LogP) is 1.64. The van der Waals surface area contributed by atoms with Gasteiger partial charge in [-0.25, -0.2) is 0 Å². The third-order valence-electron chi connectivity index (χ3n) is 3.90. The maximum atomic E-state index is 12.0. The second kappa shape index (κ2) is 13.1. The van der Waals surface area contributed by atoms with E-state index in [0.717, 1.165) is 19.3 Å². The fourth-order valence-corrected chi connectivity index (χ4v) is 2.70. The molecule has 0 bridgehead atoms. The Morgan fingerprint density at radius 2 is 1.72 bits per heavy atom. The molecule has 0 rings (SSSR count). The number of hydrogen-bond donors (Lipinski definition) is 1. The zero-order valence-corrected chi connectivity index (χ0v) is 16.0. The van der Waals surface area contributed by atoms with Crippen molar-refractivity contribution in [1.29, 1.82) is 0 Å². The van der Waals surface area contributed by atoms with Crippen LogP contribution in [-0.2, 0) is 14.3 Å². The number of carboxylic acids is 1. The second-order valence-electron chi connectivity index (χ2n) is 7.32. The molecule has 0 radical (unpaired) electrons. The van der Waals surface area contributed by atoms with E-state index in [4.69, 9.17) is 8.85 Å². The van der Waals surface area contributed by atoms with Gasteiger partial charge in [-0.15, -0.1) is 0 Å². The Bertz CT molecular complexity index is 469. The smallest absolute Gasteiger partial charge is 0.308 e. The first kappa shape index (κ1) is 18.6. The van der Waals surface area contributed by atoms with E-state index in [-0.39, 0.29) is 13.0 Å². The molecule has 0 fully saturated rings. The highest BCUT2D eigenvalue weighted by Gasteiger charge is 2.23. The monoisotopic (exact) mass is 362 g/mol. The third-order valence-corrected chi connectivity index (χ3v) is 3.90. The van der Waals surface area contributed by atoms with E-state index in [9.17, 15) is 19.8 Å². The van der Waals surface area contributed by atoms with E-state index in [0.29, 0.717) is 6.42 Å². The number of likely N-dealkylation sites (N-methyl/N-ethyl adjacent to an activating group) is 1. The molecule has 1 N–H and O–H groups in total. The van der Waals surface area contributed by atoms with Crippen molar-refractivity contribution in [1.82, 2.24) is 0 Å². The summed E-state index contributed by atoms with van der Waals surface area (Å²) in [4.78, 5) is 23.0. The number of rotatable bonds is 15. The normalized spacial score (nSPS) is 16.4. The zero-order chi connectivity index (χ0) is 21.8. The van der Waals surface area contributed by atoms with Crippen LogP contribution in [0.5, 0.6) is 0 Å². The van der Waals surface area contributed by atoms with E-state index in [1.54, 1.807) is 0 Å². The van der Waals surface area contributed by atoms with Gasteiger partial charge in [0.2, 0.25) is 0 Å². The number of nitrogens with zero attached hydrogens (tertiary/aromatic N) is 1. The summed E-state index contributed by atoms with van der Waals surface area (Å²) in [5, 5.41) is 20.9. The average Bonchev–Trinajstić information content (AvgIpc) is 2.51. The Balaban J connectivity index is 4.38. The number of aliphatic hydroxyl groups excluding tert-OH is 1. The van der Waals surface area contributed by atoms with Crippen LogP contribution in [0.2, 0.25) is 0 Å². The van der Waals surface area contributed by atoms with Crippen LogP contribution in [0.15, 0.2) is 0 Å². The Kier molecular flexibility index (Phi) is 9.78. The van der Waals surface area contributed by atoms with Crippen molar-refractivity contribution in [2.45, 2.75) is 83.3 Å². The first-order chi connectivity index (χ1) is 12.9. The number of esters is 1. The quantitative estimate of drug-likeness (QED) is 0.272. The lowest BCUT2D eigenvalue weighted by molar-refractivity contribution is -0.873. The van der Waals surface area contributed by atoms with Gasteiger partial charge in [0.25, 0.3) is 0 Å². The molecule has 0 heterocycles. The fraction of sp³-hybridized carbons (Fsp3) is 0.895. The number of aliphatic carboxylic acids is 1. The van der Waals surface area contributed by atoms with Crippen molar-refractivity contribution in [3.8, 4) is 0 Å². The molecule has 0 saturated heterocycles. The summed E-state index contributed by atoms with van der Waals surface area (Å²) in [6.07, 6.45) is 5.41. The standard InChI is InChI=1S/C19H37NO5/c1-5-6-7-8-9-10-11-12-16(21)13-19(24)25-17(14-18(22)23)15-20(2,3)4/h16-17,21H,5-15H2,1-4H3/t16-,17-/m1/s1/i2D3. The molecule has 0 aliphatic carbocycles. The van der Waals surface area contributed by atoms with Crippen molar-refractivity contribution in [2.24, 2.45) is 0 Å². The van der Waals surface area contributed by atoms with Gasteiger partial charge in [-0.2, -0.15) is 0 Å². The Labute approximate surface area is 157 Å². The maximum absolute atomic E-state index is 12.0. The van der Waals surface area contributed by atoms with E-state index in [1.165, 1.54) is 39.8 Å². The van der Waals surface area contributed by atoms with Crippen molar-refractivity contribution in [2.75, 3.05) is 27.6 Å². The molecule has 0 saturated carbocycles. The van der Waals surface area contributed by atoms with Gasteiger partial charge in [-0.1, -0.05) is 51.9 Å². The van der Waals surface area contributed by atoms with Crippen LogP contribution in [0.4, 0.5) is 0 Å². The Hall–Kier alpha value is -1.14. The first-order valence-electron chi connectivity index (χ1n) is 10.8. The van der Waals surface area contributed by atoms with Gasteiger partial charge in [-0.05, 0) is 6.42 Å². The lowest BCUT2D eigenvalue weighted by Gasteiger charge is -2.29. The SMILES string of the molecule is [2H]C([2H])([2H])[N+](C)(C)C[C@@H](CC(=O)[O-])OC(=O)C[C@H](O)CCCCCCCCC. The minimum absolute atomic E-state index is 0.190. The summed E-state index contributed by atoms with van der Waals surface area (Å²) < 4.78 is 27.2. The molecule has 0 amide bonds. The number of carbonyl (C=O) groups is 2. The summed E-state index contributed by atoms with van der Waals surface area (Å²) in [6, 6.07) is 0. The van der Waals surface area contributed by atoms with E-state index < -0.39 is 42.0 Å². The van der Waals surface area contributed by atoms with E-state index in [1.807, 2.05) is 0 Å². The molecule has 2 atom stereocenters. The molecule has 0 unspecified atom stereocenters. The molecular formula is C19H37NO5. The van der Waals surface area contributed by atoms with Crippen molar-refractivity contribution in [3.63, 3.8) is 0 Å². The topological polar surface area (TPSA) is 86.7 Å². The maximum Gasteiger partial charge on any atom is 0.308 e. The number of carbonyl (C=O) groups excluding carboxylic acids is 2. The minimum atomic E-state index is -2.38. The van der Waals surface area contributed by atoms with Crippen LogP contribution >= 0.6 is 0 Å². The molecule has 25 heavy (non-hydrogen) atoms. The van der Waals surface area contributed by atoms with Crippen LogP contribution in [0.1, 0.15) is 75.2 Å². The van der Waals surface area contributed by atoms with Crippen LogP contribution < -0.4 is 5.11 Å². The molecule has 6 nitrogen and oxygen atoms in total. The lowest BCUT2D eigenvalue weighted by Crippen LogP contribution is -2.45. The molecule has 0 aromatic heterocycles. The number of ether oxygens (including phenoxy) is 1. The van der Waals surface area contributed by atoms with Gasteiger partial charge in [0.05, 0.1) is 37.7 Å². The van der Waals surface area contributed by atoms with Gasteiger partial charge in [0.1, 0.15) is 6.54 Å². The number of unbranched alkanes of at least 4 members (excludes halogenated alkanes) is 6. The summed E-state index contributed by atoms with van der Waals surface area (Å²) in [6.45, 7) is -0.409. The van der Waals surface area contributed by atoms with Crippen LogP contribution in [0.3, 0.4) is 0 Å². The average molecular weight is 363 g/mol. The van der Waals surface area contributed by atoms with E-state index in [2.05, 4.69) is 6.92 Å². The summed E-state index contributed by atoms with van der Waals surface area (Å²) in [5.41, 5.74) is 0. The molecule has 0 aromatic carbocycles. The van der Waals surface area contributed by atoms with Crippen LogP contribution in [-0.4, -0.2) is 61.4 Å². The number of quaternary nitrogens is 1. The van der Waals surface area contributed by atoms with Crippen molar-refractivity contribution < 1.29 is 33.1 Å². The summed E-state index contributed by atoms with van der Waals surface area (Å²) in [7, 11) is 2.83. The molecule has 0 aliphatic heterocycles. The summed E-state index contributed by atoms with van der Waals surface area (Å²) in [5.74, 6) is -2.15. The third kappa shape index (κ3) is 16.1. The second-order valence-corrected chi connectivity index (χ2v) is 7.32. The number of aliphatic hydroxyl groups is 1. The molecule has 6 heteroatoms. The van der Waals surface area contributed by atoms with Gasteiger partial charge in [0, 0.05) is 12.4 Å². The molecule has 0 spiro atoms. The predicted molar refractivity (Wildman–Crippen MR) is 95.6 cm³/mol. The van der Waals surface area contributed by atoms with Crippen molar-refractivity contribution in [3.05, 3.63) is 0 Å². The molecular weight excluding hydrogens is 322 g/mol. The van der Waals surface area contributed by atoms with Gasteiger partial charge >= 0.3 is 5.97 Å². The van der Waals surface area contributed by atoms with Gasteiger partial charge in [-0.3, -0.25) is 4.79 Å². The van der Waals surface area contributed by atoms with Crippen LogP contribution in [0.25, 0.3) is 0 Å². The molecule has 148 valence electrons. The van der Waals surface area contributed by atoms with Crippen LogP contribution in [0, 0.1) is 0 Å². The summed E-state index contributed by atoms with van der Waals surface area (Å²) >= 11 is 0. The van der Waals surface area contributed by atoms with Gasteiger partial charge < -0.3 is 24.2 Å². The highest BCUT2D eigenvalue weighted by atomic mass is 16.5. The highest BCUT2D eigenvalue weighted by molar-refractivity contribution is 5.71. The molecule has 0 aliphatic rings. The lowest BCUT2D eigenvalue weighted by atomic mass is 10.0. The largest absolute Gasteiger partial charge is 0.550 e.